The predicted octanol–water partition coefficient (Wildman–Crippen LogP) is 4.86. The summed E-state index contributed by atoms with van der Waals surface area (Å²) in [6.45, 7) is 6.56. The number of fused-ring (bicyclic) bond motifs is 1. The molecule has 1 aliphatic rings. The van der Waals surface area contributed by atoms with Crippen LogP contribution < -0.4 is 10.1 Å². The van der Waals surface area contributed by atoms with Crippen LogP contribution in [-0.2, 0) is 0 Å². The number of methoxy groups -OCH3 is 1. The van der Waals surface area contributed by atoms with Crippen LogP contribution >= 0.6 is 0 Å². The maximum Gasteiger partial charge on any atom is 0.168 e. The van der Waals surface area contributed by atoms with Crippen molar-refractivity contribution in [3.8, 4) is 23.1 Å². The van der Waals surface area contributed by atoms with E-state index in [4.69, 9.17) is 10.00 Å². The highest BCUT2D eigenvalue weighted by Gasteiger charge is 2.17. The van der Waals surface area contributed by atoms with Gasteiger partial charge in [-0.15, -0.1) is 0 Å². The highest BCUT2D eigenvalue weighted by Crippen LogP contribution is 2.35. The number of likely N-dealkylation sites (tertiary alicyclic amines) is 1. The van der Waals surface area contributed by atoms with E-state index in [1.165, 1.54) is 25.9 Å². The third-order valence-corrected chi connectivity index (χ3v) is 6.45. The molecule has 3 aromatic rings. The molecule has 4 rings (SSSR count). The maximum absolute atomic E-state index is 11.0. The number of ether oxygens (including phenoxy) is 1. The number of benzene rings is 2. The topological polar surface area (TPSA) is 81.5 Å². The van der Waals surface area contributed by atoms with Gasteiger partial charge < -0.3 is 19.9 Å². The summed E-state index contributed by atoms with van der Waals surface area (Å²) >= 11 is 0. The number of hydrogen-bond donors (Lipinski definition) is 1. The van der Waals surface area contributed by atoms with Crippen molar-refractivity contribution >= 4 is 22.7 Å². The Balaban J connectivity index is 0.000000303. The fourth-order valence-electron chi connectivity index (χ4n) is 4.24. The second-order valence-corrected chi connectivity index (χ2v) is 9.21. The summed E-state index contributed by atoms with van der Waals surface area (Å²) in [5.74, 6) is 0.676. The summed E-state index contributed by atoms with van der Waals surface area (Å²) in [5, 5.41) is 14.1. The monoisotopic (exact) mass is 485 g/mol. The van der Waals surface area contributed by atoms with Crippen LogP contribution in [0.2, 0.25) is 0 Å². The number of nitriles is 1. The Hall–Kier alpha value is -3.73. The van der Waals surface area contributed by atoms with E-state index in [0.29, 0.717) is 29.3 Å². The second kappa shape index (κ2) is 12.8. The zero-order valence-corrected chi connectivity index (χ0v) is 21.6. The molecule has 2 aromatic carbocycles. The van der Waals surface area contributed by atoms with Crippen molar-refractivity contribution in [3.05, 3.63) is 66.4 Å². The molecule has 1 N–H and O–H groups in total. The van der Waals surface area contributed by atoms with Gasteiger partial charge in [-0.2, -0.15) is 5.26 Å². The molecular weight excluding hydrogens is 450 g/mol. The Bertz CT molecular complexity index is 1240. The third kappa shape index (κ3) is 6.91. The first-order valence-corrected chi connectivity index (χ1v) is 12.1. The van der Waals surface area contributed by atoms with Gasteiger partial charge in [-0.25, -0.2) is 4.98 Å². The molecule has 36 heavy (non-hydrogen) atoms. The van der Waals surface area contributed by atoms with Crippen LogP contribution in [-0.4, -0.2) is 75.0 Å². The standard InChI is InChI=1S/C21H17N3O2.C8H18N2/c1-14(11-22)12-23-21-18-10-16(19-5-3-4-17(13-25)24-19)7-6-15(18)8-9-20(21)26-2;1-9(2)8-4-6-10(3)7-5-8/h3-10,13,23H,1,12H2,2H3;8H,4-7H2,1-3H3. The molecule has 2 heterocycles. The molecule has 1 aliphatic heterocycles. The highest BCUT2D eigenvalue weighted by molar-refractivity contribution is 5.99. The lowest BCUT2D eigenvalue weighted by molar-refractivity contribution is 0.111. The number of rotatable bonds is 7. The van der Waals surface area contributed by atoms with E-state index < -0.39 is 0 Å². The van der Waals surface area contributed by atoms with Gasteiger partial charge in [-0.05, 0) is 76.7 Å². The first-order valence-electron chi connectivity index (χ1n) is 12.1. The lowest BCUT2D eigenvalue weighted by Gasteiger charge is -2.32. The third-order valence-electron chi connectivity index (χ3n) is 6.45. The minimum Gasteiger partial charge on any atom is -0.495 e. The zero-order valence-electron chi connectivity index (χ0n) is 21.6. The molecule has 1 fully saturated rings. The molecule has 1 aromatic heterocycles. The maximum atomic E-state index is 11.0. The highest BCUT2D eigenvalue weighted by atomic mass is 16.5. The Labute approximate surface area is 214 Å². The Morgan fingerprint density at radius 2 is 1.97 bits per heavy atom. The molecule has 7 nitrogen and oxygen atoms in total. The van der Waals surface area contributed by atoms with E-state index in [9.17, 15) is 4.79 Å². The summed E-state index contributed by atoms with van der Waals surface area (Å²) in [4.78, 5) is 20.1. The van der Waals surface area contributed by atoms with E-state index in [2.05, 4.69) is 47.8 Å². The van der Waals surface area contributed by atoms with Crippen LogP contribution in [0.3, 0.4) is 0 Å². The number of anilines is 1. The van der Waals surface area contributed by atoms with Gasteiger partial charge in [0, 0.05) is 29.1 Å². The second-order valence-electron chi connectivity index (χ2n) is 9.21. The smallest absolute Gasteiger partial charge is 0.168 e. The van der Waals surface area contributed by atoms with Crippen LogP contribution in [0.25, 0.3) is 22.0 Å². The van der Waals surface area contributed by atoms with Crippen LogP contribution in [0.4, 0.5) is 5.69 Å². The molecule has 0 bridgehead atoms. The molecule has 0 saturated carbocycles. The fourth-order valence-corrected chi connectivity index (χ4v) is 4.24. The van der Waals surface area contributed by atoms with Gasteiger partial charge in [0.1, 0.15) is 11.4 Å². The van der Waals surface area contributed by atoms with Crippen LogP contribution in [0.15, 0.2) is 60.7 Å². The summed E-state index contributed by atoms with van der Waals surface area (Å²) in [6, 6.07) is 18.0. The number of carbonyl (C=O) groups is 1. The van der Waals surface area contributed by atoms with Crippen molar-refractivity contribution < 1.29 is 9.53 Å². The van der Waals surface area contributed by atoms with Crippen molar-refractivity contribution in [2.24, 2.45) is 0 Å². The van der Waals surface area contributed by atoms with Gasteiger partial charge in [0.15, 0.2) is 6.29 Å². The molecule has 1 saturated heterocycles. The van der Waals surface area contributed by atoms with Crippen LogP contribution in [0, 0.1) is 11.3 Å². The zero-order chi connectivity index (χ0) is 26.1. The van der Waals surface area contributed by atoms with E-state index in [1.54, 1.807) is 19.2 Å². The van der Waals surface area contributed by atoms with Gasteiger partial charge in [0.2, 0.25) is 0 Å². The van der Waals surface area contributed by atoms with Crippen molar-refractivity contribution in [2.45, 2.75) is 18.9 Å². The van der Waals surface area contributed by atoms with E-state index in [0.717, 1.165) is 34.4 Å². The van der Waals surface area contributed by atoms with Gasteiger partial charge in [0.25, 0.3) is 0 Å². The van der Waals surface area contributed by atoms with Crippen LogP contribution in [0.1, 0.15) is 23.3 Å². The van der Waals surface area contributed by atoms with Crippen molar-refractivity contribution in [3.63, 3.8) is 0 Å². The lowest BCUT2D eigenvalue weighted by atomic mass is 10.0. The Morgan fingerprint density at radius 1 is 1.25 bits per heavy atom. The molecule has 0 atom stereocenters. The molecule has 0 aliphatic carbocycles. The van der Waals surface area contributed by atoms with Crippen molar-refractivity contribution in [2.75, 3.05) is 53.2 Å². The van der Waals surface area contributed by atoms with Gasteiger partial charge in [-0.1, -0.05) is 30.8 Å². The largest absolute Gasteiger partial charge is 0.495 e. The van der Waals surface area contributed by atoms with E-state index >= 15 is 0 Å². The SMILES string of the molecule is C=C(C#N)CNc1c(OC)ccc2ccc(-c3cccc(C=O)n3)cc12.CN1CCC(N(C)C)CC1. The Kier molecular flexibility index (Phi) is 9.57. The van der Waals surface area contributed by atoms with Gasteiger partial charge in [0.05, 0.1) is 24.6 Å². The van der Waals surface area contributed by atoms with Crippen molar-refractivity contribution in [1.29, 1.82) is 5.26 Å². The average molecular weight is 486 g/mol. The summed E-state index contributed by atoms with van der Waals surface area (Å²) < 4.78 is 5.46. The van der Waals surface area contributed by atoms with Crippen LogP contribution in [0.5, 0.6) is 5.75 Å². The minimum atomic E-state index is 0.328. The normalized spacial score (nSPS) is 14.0. The molecule has 0 amide bonds. The number of aromatic nitrogens is 1. The molecule has 0 radical (unpaired) electrons. The van der Waals surface area contributed by atoms with Gasteiger partial charge >= 0.3 is 0 Å². The quantitative estimate of drug-likeness (QED) is 0.378. The first kappa shape index (κ1) is 26.9. The summed E-state index contributed by atoms with van der Waals surface area (Å²) in [6.07, 6.45) is 3.40. The number of nitrogens with zero attached hydrogens (tertiary/aromatic N) is 4. The number of pyridine rings is 1. The average Bonchev–Trinajstić information content (AvgIpc) is 2.91. The number of nitrogens with one attached hydrogen (secondary N) is 1. The fraction of sp³-hybridized carbons (Fsp3) is 0.345. The van der Waals surface area contributed by atoms with E-state index in [-0.39, 0.29) is 0 Å². The number of carbonyl (C=O) groups excluding carboxylic acids is 1. The summed E-state index contributed by atoms with van der Waals surface area (Å²) in [7, 11) is 8.16. The molecule has 188 valence electrons. The van der Waals surface area contributed by atoms with E-state index in [1.807, 2.05) is 42.5 Å². The Morgan fingerprint density at radius 3 is 2.61 bits per heavy atom. The summed E-state index contributed by atoms with van der Waals surface area (Å²) in [5.41, 5.74) is 3.20. The predicted molar refractivity (Wildman–Crippen MR) is 147 cm³/mol. The van der Waals surface area contributed by atoms with Crippen molar-refractivity contribution in [1.82, 2.24) is 14.8 Å². The number of hydrogen-bond acceptors (Lipinski definition) is 7. The van der Waals surface area contributed by atoms with Gasteiger partial charge in [-0.3, -0.25) is 4.79 Å². The molecule has 0 spiro atoms. The first-order chi connectivity index (χ1) is 17.4. The number of piperidine rings is 1. The molecule has 0 unspecified atom stereocenters. The minimum absolute atomic E-state index is 0.328. The molecular formula is C29H35N5O2. The number of aldehydes is 1. The molecule has 7 heteroatoms. The lowest BCUT2D eigenvalue weighted by Crippen LogP contribution is -2.40.